The first-order chi connectivity index (χ1) is 12.1. The van der Waals surface area contributed by atoms with Crippen molar-refractivity contribution in [3.63, 3.8) is 0 Å². The van der Waals surface area contributed by atoms with Crippen LogP contribution >= 0.6 is 11.6 Å². The Bertz CT molecular complexity index is 554. The number of hydrogen-bond acceptors (Lipinski definition) is 3. The summed E-state index contributed by atoms with van der Waals surface area (Å²) in [7, 11) is 0. The van der Waals surface area contributed by atoms with Gasteiger partial charge in [0.25, 0.3) is 5.91 Å². The van der Waals surface area contributed by atoms with Crippen LogP contribution in [0.1, 0.15) is 49.4 Å². The minimum Gasteiger partial charge on any atom is -0.354 e. The second kappa shape index (κ2) is 10.4. The highest BCUT2D eigenvalue weighted by Crippen LogP contribution is 2.10. The van der Waals surface area contributed by atoms with Crippen LogP contribution in [0.2, 0.25) is 5.02 Å². The van der Waals surface area contributed by atoms with Crippen molar-refractivity contribution in [1.29, 1.82) is 0 Å². The highest BCUT2D eigenvalue weighted by Gasteiger charge is 2.16. The van der Waals surface area contributed by atoms with E-state index in [1.165, 1.54) is 38.8 Å². The third-order valence-corrected chi connectivity index (χ3v) is 4.75. The molecule has 1 aromatic rings. The Labute approximate surface area is 155 Å². The van der Waals surface area contributed by atoms with Crippen LogP contribution in [0.3, 0.4) is 0 Å². The van der Waals surface area contributed by atoms with Crippen LogP contribution in [0, 0.1) is 0 Å². The molecule has 2 N–H and O–H groups in total. The molecule has 0 aliphatic carbocycles. The number of amides is 2. The van der Waals surface area contributed by atoms with Crippen LogP contribution in [-0.4, -0.2) is 48.9 Å². The number of likely N-dealkylation sites (tertiary alicyclic amines) is 1. The fourth-order valence-corrected chi connectivity index (χ4v) is 3.10. The number of carbonyl (C=O) groups is 2. The SMILES string of the molecule is CC(NC(=O)c1ccc(Cl)cc1)C(=O)NCCCN1CCCCCC1. The third kappa shape index (κ3) is 7.04. The molecule has 6 heteroatoms. The van der Waals surface area contributed by atoms with Gasteiger partial charge in [-0.2, -0.15) is 0 Å². The summed E-state index contributed by atoms with van der Waals surface area (Å²) >= 11 is 5.81. The molecule has 5 nitrogen and oxygen atoms in total. The Hall–Kier alpha value is -1.59. The highest BCUT2D eigenvalue weighted by atomic mass is 35.5. The summed E-state index contributed by atoms with van der Waals surface area (Å²) in [5.41, 5.74) is 0.491. The molecule has 138 valence electrons. The molecule has 0 spiro atoms. The van der Waals surface area contributed by atoms with Gasteiger partial charge in [0, 0.05) is 17.1 Å². The Morgan fingerprint density at radius 3 is 2.40 bits per heavy atom. The van der Waals surface area contributed by atoms with E-state index in [4.69, 9.17) is 11.6 Å². The fraction of sp³-hybridized carbons (Fsp3) is 0.579. The molecule has 2 amide bonds. The average molecular weight is 366 g/mol. The monoisotopic (exact) mass is 365 g/mol. The molecule has 1 saturated heterocycles. The lowest BCUT2D eigenvalue weighted by atomic mass is 10.2. The van der Waals surface area contributed by atoms with E-state index < -0.39 is 6.04 Å². The summed E-state index contributed by atoms with van der Waals surface area (Å²) in [4.78, 5) is 26.7. The molecule has 0 saturated carbocycles. The van der Waals surface area contributed by atoms with E-state index in [9.17, 15) is 9.59 Å². The summed E-state index contributed by atoms with van der Waals surface area (Å²) in [6.07, 6.45) is 6.15. The van der Waals surface area contributed by atoms with Crippen LogP contribution in [-0.2, 0) is 4.79 Å². The summed E-state index contributed by atoms with van der Waals surface area (Å²) < 4.78 is 0. The number of nitrogens with one attached hydrogen (secondary N) is 2. The van der Waals surface area contributed by atoms with Gasteiger partial charge in [-0.3, -0.25) is 9.59 Å². The van der Waals surface area contributed by atoms with Gasteiger partial charge in [-0.1, -0.05) is 24.4 Å². The maximum absolute atomic E-state index is 12.1. The second-order valence-corrected chi connectivity index (χ2v) is 7.04. The van der Waals surface area contributed by atoms with Gasteiger partial charge < -0.3 is 15.5 Å². The second-order valence-electron chi connectivity index (χ2n) is 6.60. The molecule has 25 heavy (non-hydrogen) atoms. The molecule has 0 radical (unpaired) electrons. The Morgan fingerprint density at radius 2 is 1.76 bits per heavy atom. The van der Waals surface area contributed by atoms with E-state index >= 15 is 0 Å². The van der Waals surface area contributed by atoms with E-state index in [-0.39, 0.29) is 11.8 Å². The normalized spacial score (nSPS) is 16.7. The topological polar surface area (TPSA) is 61.4 Å². The molecule has 1 aliphatic heterocycles. The van der Waals surface area contributed by atoms with E-state index in [1.807, 2.05) is 0 Å². The van der Waals surface area contributed by atoms with Crippen LogP contribution < -0.4 is 10.6 Å². The first-order valence-electron chi connectivity index (χ1n) is 9.13. The number of rotatable bonds is 7. The number of hydrogen-bond donors (Lipinski definition) is 2. The zero-order valence-corrected chi connectivity index (χ0v) is 15.6. The van der Waals surface area contributed by atoms with Crippen LogP contribution in [0.15, 0.2) is 24.3 Å². The average Bonchev–Trinajstić information content (AvgIpc) is 2.87. The van der Waals surface area contributed by atoms with Gasteiger partial charge in [0.15, 0.2) is 0 Å². The maximum Gasteiger partial charge on any atom is 0.251 e. The first-order valence-corrected chi connectivity index (χ1v) is 9.50. The van der Waals surface area contributed by atoms with Crippen LogP contribution in [0.4, 0.5) is 0 Å². The molecule has 1 unspecified atom stereocenters. The minimum atomic E-state index is -0.568. The smallest absolute Gasteiger partial charge is 0.251 e. The summed E-state index contributed by atoms with van der Waals surface area (Å²) in [5.74, 6) is -0.429. The van der Waals surface area contributed by atoms with Crippen molar-refractivity contribution in [2.45, 2.75) is 45.1 Å². The zero-order valence-electron chi connectivity index (χ0n) is 14.9. The molecular formula is C19H28ClN3O2. The van der Waals surface area contributed by atoms with E-state index in [1.54, 1.807) is 31.2 Å². The van der Waals surface area contributed by atoms with E-state index in [0.29, 0.717) is 17.1 Å². The van der Waals surface area contributed by atoms with Gasteiger partial charge >= 0.3 is 0 Å². The van der Waals surface area contributed by atoms with Crippen molar-refractivity contribution in [1.82, 2.24) is 15.5 Å². The van der Waals surface area contributed by atoms with Crippen molar-refractivity contribution in [3.05, 3.63) is 34.9 Å². The summed E-state index contributed by atoms with van der Waals surface area (Å²) in [6.45, 7) is 5.68. The van der Waals surface area contributed by atoms with Crippen molar-refractivity contribution in [2.24, 2.45) is 0 Å². The van der Waals surface area contributed by atoms with Crippen molar-refractivity contribution in [2.75, 3.05) is 26.2 Å². The van der Waals surface area contributed by atoms with Crippen molar-refractivity contribution in [3.8, 4) is 0 Å². The van der Waals surface area contributed by atoms with E-state index in [0.717, 1.165) is 13.0 Å². The Kier molecular flexibility index (Phi) is 8.22. The maximum atomic E-state index is 12.1. The minimum absolute atomic E-state index is 0.154. The zero-order chi connectivity index (χ0) is 18.1. The number of benzene rings is 1. The van der Waals surface area contributed by atoms with Gasteiger partial charge in [-0.15, -0.1) is 0 Å². The number of carbonyl (C=O) groups excluding carboxylic acids is 2. The molecule has 0 aromatic heterocycles. The summed E-state index contributed by atoms with van der Waals surface area (Å²) in [5, 5.41) is 6.19. The molecule has 1 aromatic carbocycles. The van der Waals surface area contributed by atoms with Gasteiger partial charge in [0.1, 0.15) is 6.04 Å². The standard InChI is InChI=1S/C19H28ClN3O2/c1-15(22-19(25)16-7-9-17(20)10-8-16)18(24)21-11-6-14-23-12-4-2-3-5-13-23/h7-10,15H,2-6,11-14H2,1H3,(H,21,24)(H,22,25). The Balaban J connectivity index is 1.65. The van der Waals surface area contributed by atoms with Gasteiger partial charge in [-0.25, -0.2) is 0 Å². The van der Waals surface area contributed by atoms with Crippen molar-refractivity contribution >= 4 is 23.4 Å². The molecule has 1 fully saturated rings. The number of halogens is 1. The summed E-state index contributed by atoms with van der Waals surface area (Å²) in [6, 6.07) is 6.03. The third-order valence-electron chi connectivity index (χ3n) is 4.50. The van der Waals surface area contributed by atoms with Gasteiger partial charge in [0.05, 0.1) is 0 Å². The predicted molar refractivity (Wildman–Crippen MR) is 101 cm³/mol. The molecule has 2 rings (SSSR count). The molecule has 1 aliphatic rings. The van der Waals surface area contributed by atoms with E-state index in [2.05, 4.69) is 15.5 Å². The fourth-order valence-electron chi connectivity index (χ4n) is 2.97. The van der Waals surface area contributed by atoms with Crippen LogP contribution in [0.5, 0.6) is 0 Å². The van der Waals surface area contributed by atoms with Crippen LogP contribution in [0.25, 0.3) is 0 Å². The number of nitrogens with zero attached hydrogens (tertiary/aromatic N) is 1. The Morgan fingerprint density at radius 1 is 1.12 bits per heavy atom. The van der Waals surface area contributed by atoms with Gasteiger partial charge in [0.2, 0.25) is 5.91 Å². The molecular weight excluding hydrogens is 338 g/mol. The first kappa shape index (κ1) is 19.7. The molecule has 1 atom stereocenters. The van der Waals surface area contributed by atoms with Crippen molar-refractivity contribution < 1.29 is 9.59 Å². The lowest BCUT2D eigenvalue weighted by Crippen LogP contribution is -2.45. The molecule has 1 heterocycles. The highest BCUT2D eigenvalue weighted by molar-refractivity contribution is 6.30. The lowest BCUT2D eigenvalue weighted by Gasteiger charge is -2.20. The quantitative estimate of drug-likeness (QED) is 0.730. The lowest BCUT2D eigenvalue weighted by molar-refractivity contribution is -0.122. The largest absolute Gasteiger partial charge is 0.354 e. The molecule has 0 bridgehead atoms. The van der Waals surface area contributed by atoms with Gasteiger partial charge in [-0.05, 0) is 70.1 Å². The predicted octanol–water partition coefficient (Wildman–Crippen LogP) is 2.84.